The zero-order valence-corrected chi connectivity index (χ0v) is 13.2. The van der Waals surface area contributed by atoms with E-state index in [1.165, 1.54) is 18.2 Å². The summed E-state index contributed by atoms with van der Waals surface area (Å²) in [7, 11) is 0. The molecule has 1 N–H and O–H groups in total. The van der Waals surface area contributed by atoms with Crippen LogP contribution in [-0.4, -0.2) is 10.1 Å². The third kappa shape index (κ3) is 3.63. The maximum atomic E-state index is 13.1. The van der Waals surface area contributed by atoms with E-state index in [1.807, 2.05) is 0 Å². The van der Waals surface area contributed by atoms with Crippen LogP contribution >= 0.6 is 23.2 Å². The standard InChI is InChI=1S/C15H8Cl2F3N3O/c16-11-7-9(18)4-5-12(11)21-10-3-1-2-8(6-10)13-22-14(24-23-13)15(17,19)20/h1-7,21H. The predicted molar refractivity (Wildman–Crippen MR) is 84.2 cm³/mol. The molecule has 3 aromatic rings. The van der Waals surface area contributed by atoms with E-state index in [9.17, 15) is 13.2 Å². The van der Waals surface area contributed by atoms with Gasteiger partial charge in [0, 0.05) is 11.3 Å². The number of rotatable bonds is 4. The topological polar surface area (TPSA) is 51.0 Å². The minimum Gasteiger partial charge on any atom is -0.354 e. The molecule has 0 aliphatic carbocycles. The van der Waals surface area contributed by atoms with Gasteiger partial charge in [-0.3, -0.25) is 0 Å². The maximum absolute atomic E-state index is 13.1. The van der Waals surface area contributed by atoms with Crippen LogP contribution in [0, 0.1) is 5.82 Å². The van der Waals surface area contributed by atoms with Gasteiger partial charge in [0.25, 0.3) is 0 Å². The first-order valence-electron chi connectivity index (χ1n) is 6.56. The lowest BCUT2D eigenvalue weighted by Crippen LogP contribution is -2.03. The molecule has 124 valence electrons. The molecule has 0 aliphatic rings. The number of aromatic nitrogens is 2. The maximum Gasteiger partial charge on any atom is 0.400 e. The van der Waals surface area contributed by atoms with Crippen molar-refractivity contribution in [3.63, 3.8) is 0 Å². The molecule has 0 saturated carbocycles. The minimum atomic E-state index is -3.73. The van der Waals surface area contributed by atoms with Gasteiger partial charge in [0.05, 0.1) is 10.7 Å². The summed E-state index contributed by atoms with van der Waals surface area (Å²) >= 11 is 10.8. The average molecular weight is 374 g/mol. The second kappa shape index (κ2) is 6.33. The number of benzene rings is 2. The van der Waals surface area contributed by atoms with E-state index in [4.69, 9.17) is 23.2 Å². The fraction of sp³-hybridized carbons (Fsp3) is 0.0667. The van der Waals surface area contributed by atoms with E-state index in [-0.39, 0.29) is 10.8 Å². The number of anilines is 2. The molecule has 4 nitrogen and oxygen atoms in total. The van der Waals surface area contributed by atoms with Crippen molar-refractivity contribution in [3.8, 4) is 11.4 Å². The number of nitrogens with one attached hydrogen (secondary N) is 1. The first kappa shape index (κ1) is 16.6. The highest BCUT2D eigenvalue weighted by Crippen LogP contribution is 2.33. The number of alkyl halides is 3. The molecule has 3 rings (SSSR count). The summed E-state index contributed by atoms with van der Waals surface area (Å²) < 4.78 is 43.4. The van der Waals surface area contributed by atoms with Crippen molar-refractivity contribution in [2.45, 2.75) is 5.38 Å². The first-order valence-corrected chi connectivity index (χ1v) is 7.32. The third-order valence-electron chi connectivity index (χ3n) is 3.00. The van der Waals surface area contributed by atoms with Crippen LogP contribution in [0.3, 0.4) is 0 Å². The Morgan fingerprint density at radius 2 is 1.92 bits per heavy atom. The molecule has 0 amide bonds. The van der Waals surface area contributed by atoms with Crippen LogP contribution in [0.15, 0.2) is 47.0 Å². The van der Waals surface area contributed by atoms with Crippen molar-refractivity contribution >= 4 is 34.6 Å². The zero-order chi connectivity index (χ0) is 17.3. The fourth-order valence-electron chi connectivity index (χ4n) is 1.94. The first-order chi connectivity index (χ1) is 11.3. The molecule has 2 aromatic carbocycles. The Morgan fingerprint density at radius 3 is 2.58 bits per heavy atom. The molecule has 0 spiro atoms. The summed E-state index contributed by atoms with van der Waals surface area (Å²) in [6, 6.07) is 10.5. The van der Waals surface area contributed by atoms with Crippen LogP contribution < -0.4 is 5.32 Å². The molecule has 0 aliphatic heterocycles. The van der Waals surface area contributed by atoms with Gasteiger partial charge in [0.1, 0.15) is 5.82 Å². The van der Waals surface area contributed by atoms with Crippen LogP contribution in [0.1, 0.15) is 5.89 Å². The monoisotopic (exact) mass is 373 g/mol. The van der Waals surface area contributed by atoms with Gasteiger partial charge in [0.2, 0.25) is 5.82 Å². The smallest absolute Gasteiger partial charge is 0.354 e. The summed E-state index contributed by atoms with van der Waals surface area (Å²) in [6.45, 7) is 0. The quantitative estimate of drug-likeness (QED) is 0.608. The van der Waals surface area contributed by atoms with Gasteiger partial charge in [-0.15, -0.1) is 0 Å². The van der Waals surface area contributed by atoms with Gasteiger partial charge in [-0.25, -0.2) is 4.39 Å². The summed E-state index contributed by atoms with van der Waals surface area (Å²) in [5, 5.41) is 2.93. The van der Waals surface area contributed by atoms with Gasteiger partial charge >= 0.3 is 11.3 Å². The molecule has 0 radical (unpaired) electrons. The van der Waals surface area contributed by atoms with E-state index in [0.29, 0.717) is 16.9 Å². The molecule has 1 aromatic heterocycles. The van der Waals surface area contributed by atoms with Crippen molar-refractivity contribution in [3.05, 3.63) is 59.2 Å². The van der Waals surface area contributed by atoms with Crippen LogP contribution in [0.25, 0.3) is 11.4 Å². The largest absolute Gasteiger partial charge is 0.400 e. The Hall–Kier alpha value is -2.25. The van der Waals surface area contributed by atoms with Crippen molar-refractivity contribution < 1.29 is 17.7 Å². The molecule has 1 heterocycles. The lowest BCUT2D eigenvalue weighted by atomic mass is 10.2. The van der Waals surface area contributed by atoms with Crippen LogP contribution in [0.2, 0.25) is 5.02 Å². The third-order valence-corrected chi connectivity index (χ3v) is 3.47. The van der Waals surface area contributed by atoms with Crippen LogP contribution in [-0.2, 0) is 5.38 Å². The second-order valence-electron chi connectivity index (χ2n) is 4.75. The number of halogens is 5. The van der Waals surface area contributed by atoms with E-state index in [2.05, 4.69) is 20.0 Å². The van der Waals surface area contributed by atoms with E-state index >= 15 is 0 Å². The van der Waals surface area contributed by atoms with Gasteiger partial charge in [-0.2, -0.15) is 13.8 Å². The summed E-state index contributed by atoms with van der Waals surface area (Å²) in [5.74, 6) is -1.49. The Balaban J connectivity index is 1.88. The van der Waals surface area contributed by atoms with E-state index < -0.39 is 17.1 Å². The Bertz CT molecular complexity index is 880. The number of hydrogen-bond acceptors (Lipinski definition) is 4. The number of hydrogen-bond donors (Lipinski definition) is 1. The number of nitrogens with zero attached hydrogens (tertiary/aromatic N) is 2. The predicted octanol–water partition coefficient (Wildman–Crippen LogP) is 5.56. The van der Waals surface area contributed by atoms with Crippen molar-refractivity contribution in [2.24, 2.45) is 0 Å². The van der Waals surface area contributed by atoms with Gasteiger partial charge in [0.15, 0.2) is 0 Å². The molecule has 0 fully saturated rings. The highest BCUT2D eigenvalue weighted by Gasteiger charge is 2.35. The highest BCUT2D eigenvalue weighted by molar-refractivity contribution is 6.33. The van der Waals surface area contributed by atoms with Gasteiger partial charge in [-0.05, 0) is 41.9 Å². The van der Waals surface area contributed by atoms with Crippen molar-refractivity contribution in [1.82, 2.24) is 10.1 Å². The summed E-state index contributed by atoms with van der Waals surface area (Å²) in [6.07, 6.45) is 0. The minimum absolute atomic E-state index is 0.0424. The SMILES string of the molecule is Fc1ccc(Nc2cccc(-c3noc(C(F)(F)Cl)n3)c2)c(Cl)c1. The molecule has 0 bridgehead atoms. The molecule has 9 heteroatoms. The lowest BCUT2D eigenvalue weighted by molar-refractivity contribution is 0.0551. The van der Waals surface area contributed by atoms with Gasteiger partial charge < -0.3 is 9.84 Å². The lowest BCUT2D eigenvalue weighted by Gasteiger charge is -2.09. The Labute approximate surface area is 144 Å². The Kier molecular flexibility index (Phi) is 4.38. The second-order valence-corrected chi connectivity index (χ2v) is 5.63. The van der Waals surface area contributed by atoms with Crippen molar-refractivity contribution in [1.29, 1.82) is 0 Å². The van der Waals surface area contributed by atoms with Crippen LogP contribution in [0.5, 0.6) is 0 Å². The molecule has 0 saturated heterocycles. The summed E-state index contributed by atoms with van der Waals surface area (Å²) in [4.78, 5) is 3.57. The fourth-order valence-corrected chi connectivity index (χ4v) is 2.23. The molecular formula is C15H8Cl2F3N3O. The Morgan fingerprint density at radius 1 is 1.12 bits per heavy atom. The normalized spacial score (nSPS) is 11.5. The van der Waals surface area contributed by atoms with E-state index in [1.54, 1.807) is 24.3 Å². The van der Waals surface area contributed by atoms with E-state index in [0.717, 1.165) is 0 Å². The van der Waals surface area contributed by atoms with Crippen molar-refractivity contribution in [2.75, 3.05) is 5.32 Å². The van der Waals surface area contributed by atoms with Gasteiger partial charge in [-0.1, -0.05) is 28.9 Å². The van der Waals surface area contributed by atoms with Crippen LogP contribution in [0.4, 0.5) is 24.5 Å². The molecule has 0 unspecified atom stereocenters. The average Bonchev–Trinajstić information content (AvgIpc) is 3.01. The highest BCUT2D eigenvalue weighted by atomic mass is 35.5. The zero-order valence-electron chi connectivity index (χ0n) is 11.7. The molecule has 0 atom stereocenters. The molecular weight excluding hydrogens is 366 g/mol. The molecule has 24 heavy (non-hydrogen) atoms. The summed E-state index contributed by atoms with van der Waals surface area (Å²) in [5.41, 5.74) is 1.48.